The number of carbonyl (C=O) groups is 1. The SMILES string of the molecule is CCC1C=CC=CC1(O)NC(C)=O. The van der Waals surface area contributed by atoms with Gasteiger partial charge in [-0.15, -0.1) is 0 Å². The Kier molecular flexibility index (Phi) is 2.88. The molecule has 13 heavy (non-hydrogen) atoms. The van der Waals surface area contributed by atoms with Gasteiger partial charge in [-0.1, -0.05) is 25.2 Å². The van der Waals surface area contributed by atoms with Gasteiger partial charge < -0.3 is 10.4 Å². The lowest BCUT2D eigenvalue weighted by molar-refractivity contribution is -0.126. The van der Waals surface area contributed by atoms with E-state index < -0.39 is 5.72 Å². The van der Waals surface area contributed by atoms with E-state index in [1.54, 1.807) is 12.2 Å². The van der Waals surface area contributed by atoms with Crippen LogP contribution in [-0.2, 0) is 4.79 Å². The second-order valence-electron chi connectivity index (χ2n) is 3.27. The van der Waals surface area contributed by atoms with E-state index in [9.17, 15) is 9.90 Å². The topological polar surface area (TPSA) is 49.3 Å². The van der Waals surface area contributed by atoms with Crippen LogP contribution in [-0.4, -0.2) is 16.7 Å². The summed E-state index contributed by atoms with van der Waals surface area (Å²) in [6, 6.07) is 0. The van der Waals surface area contributed by atoms with Crippen LogP contribution in [0.4, 0.5) is 0 Å². The Morgan fingerprint density at radius 1 is 1.62 bits per heavy atom. The summed E-state index contributed by atoms with van der Waals surface area (Å²) in [6.45, 7) is 3.37. The minimum atomic E-state index is -1.20. The minimum Gasteiger partial charge on any atom is -0.367 e. The van der Waals surface area contributed by atoms with Gasteiger partial charge in [0.1, 0.15) is 0 Å². The molecule has 0 aromatic carbocycles. The highest BCUT2D eigenvalue weighted by Crippen LogP contribution is 2.24. The zero-order chi connectivity index (χ0) is 9.90. The summed E-state index contributed by atoms with van der Waals surface area (Å²) in [5.41, 5.74) is -1.20. The molecule has 1 aliphatic rings. The summed E-state index contributed by atoms with van der Waals surface area (Å²) < 4.78 is 0. The molecule has 0 aliphatic heterocycles. The van der Waals surface area contributed by atoms with E-state index in [0.717, 1.165) is 6.42 Å². The maximum atomic E-state index is 10.8. The van der Waals surface area contributed by atoms with Crippen molar-refractivity contribution in [1.29, 1.82) is 0 Å². The van der Waals surface area contributed by atoms with Crippen molar-refractivity contribution in [3.05, 3.63) is 24.3 Å². The van der Waals surface area contributed by atoms with Crippen LogP contribution in [0.5, 0.6) is 0 Å². The molecule has 0 saturated carbocycles. The van der Waals surface area contributed by atoms with Gasteiger partial charge in [0.15, 0.2) is 5.72 Å². The Morgan fingerprint density at radius 3 is 2.85 bits per heavy atom. The zero-order valence-corrected chi connectivity index (χ0v) is 7.95. The maximum absolute atomic E-state index is 10.8. The largest absolute Gasteiger partial charge is 0.367 e. The van der Waals surface area contributed by atoms with Crippen LogP contribution in [0.15, 0.2) is 24.3 Å². The summed E-state index contributed by atoms with van der Waals surface area (Å²) in [4.78, 5) is 10.8. The van der Waals surface area contributed by atoms with E-state index in [2.05, 4.69) is 5.32 Å². The normalized spacial score (nSPS) is 31.8. The lowest BCUT2D eigenvalue weighted by atomic mass is 9.89. The fourth-order valence-electron chi connectivity index (χ4n) is 1.53. The molecule has 2 atom stereocenters. The molecule has 3 heteroatoms. The average Bonchev–Trinajstić information content (AvgIpc) is 2.03. The van der Waals surface area contributed by atoms with Gasteiger partial charge in [0.25, 0.3) is 0 Å². The third-order valence-electron chi connectivity index (χ3n) is 2.19. The average molecular weight is 181 g/mol. The molecule has 2 N–H and O–H groups in total. The second-order valence-corrected chi connectivity index (χ2v) is 3.27. The predicted octanol–water partition coefficient (Wildman–Crippen LogP) is 0.963. The molecule has 0 saturated heterocycles. The smallest absolute Gasteiger partial charge is 0.219 e. The maximum Gasteiger partial charge on any atom is 0.219 e. The molecule has 72 valence electrons. The number of amides is 1. The van der Waals surface area contributed by atoms with Gasteiger partial charge in [-0.05, 0) is 12.5 Å². The number of carbonyl (C=O) groups excluding carboxylic acids is 1. The van der Waals surface area contributed by atoms with E-state index in [0.29, 0.717) is 0 Å². The van der Waals surface area contributed by atoms with Crippen LogP contribution in [0.2, 0.25) is 0 Å². The van der Waals surface area contributed by atoms with Crippen LogP contribution in [0.25, 0.3) is 0 Å². The number of aliphatic hydroxyl groups is 1. The number of hydrogen-bond acceptors (Lipinski definition) is 2. The standard InChI is InChI=1S/C10H15NO2/c1-3-9-6-4-5-7-10(9,13)11-8(2)12/h4-7,9,13H,3H2,1-2H3,(H,11,12). The summed E-state index contributed by atoms with van der Waals surface area (Å²) in [6.07, 6.45) is 7.92. The van der Waals surface area contributed by atoms with Crippen LogP contribution in [0.1, 0.15) is 20.3 Å². The number of hydrogen-bond donors (Lipinski definition) is 2. The first kappa shape index (κ1) is 9.99. The first-order chi connectivity index (χ1) is 6.08. The van der Waals surface area contributed by atoms with Crippen LogP contribution in [0, 0.1) is 5.92 Å². The lowest BCUT2D eigenvalue weighted by Crippen LogP contribution is -2.51. The van der Waals surface area contributed by atoms with Crippen molar-refractivity contribution in [1.82, 2.24) is 5.32 Å². The predicted molar refractivity (Wildman–Crippen MR) is 50.8 cm³/mol. The van der Waals surface area contributed by atoms with Gasteiger partial charge in [0.2, 0.25) is 5.91 Å². The van der Waals surface area contributed by atoms with Crippen molar-refractivity contribution in [2.75, 3.05) is 0 Å². The Hall–Kier alpha value is -1.09. The van der Waals surface area contributed by atoms with Crippen molar-refractivity contribution in [3.63, 3.8) is 0 Å². The molecule has 0 aromatic heterocycles. The molecule has 0 radical (unpaired) electrons. The molecule has 0 bridgehead atoms. The first-order valence-electron chi connectivity index (χ1n) is 4.45. The molecule has 3 nitrogen and oxygen atoms in total. The third kappa shape index (κ3) is 2.18. The molecule has 0 fully saturated rings. The zero-order valence-electron chi connectivity index (χ0n) is 7.95. The van der Waals surface area contributed by atoms with E-state index in [1.165, 1.54) is 6.92 Å². The summed E-state index contributed by atoms with van der Waals surface area (Å²) >= 11 is 0. The quantitative estimate of drug-likeness (QED) is 0.623. The highest BCUT2D eigenvalue weighted by molar-refractivity contribution is 5.74. The molecule has 0 heterocycles. The van der Waals surface area contributed by atoms with Crippen molar-refractivity contribution in [2.45, 2.75) is 26.0 Å². The van der Waals surface area contributed by atoms with Crippen LogP contribution >= 0.6 is 0 Å². The molecule has 0 aromatic rings. The fourth-order valence-corrected chi connectivity index (χ4v) is 1.53. The third-order valence-corrected chi connectivity index (χ3v) is 2.19. The van der Waals surface area contributed by atoms with Gasteiger partial charge in [-0.25, -0.2) is 0 Å². The van der Waals surface area contributed by atoms with E-state index in [-0.39, 0.29) is 11.8 Å². The Labute approximate surface area is 78.1 Å². The minimum absolute atomic E-state index is 0.0404. The van der Waals surface area contributed by atoms with E-state index in [4.69, 9.17) is 0 Å². The van der Waals surface area contributed by atoms with Gasteiger partial charge >= 0.3 is 0 Å². The van der Waals surface area contributed by atoms with Crippen LogP contribution in [0.3, 0.4) is 0 Å². The number of nitrogens with one attached hydrogen (secondary N) is 1. The first-order valence-corrected chi connectivity index (χ1v) is 4.45. The highest BCUT2D eigenvalue weighted by atomic mass is 16.3. The monoisotopic (exact) mass is 181 g/mol. The summed E-state index contributed by atoms with van der Waals surface area (Å²) in [7, 11) is 0. The van der Waals surface area contributed by atoms with E-state index >= 15 is 0 Å². The summed E-state index contributed by atoms with van der Waals surface area (Å²) in [5.74, 6) is -0.262. The van der Waals surface area contributed by atoms with Gasteiger partial charge in [0.05, 0.1) is 0 Å². The van der Waals surface area contributed by atoms with Crippen molar-refractivity contribution < 1.29 is 9.90 Å². The lowest BCUT2D eigenvalue weighted by Gasteiger charge is -2.33. The van der Waals surface area contributed by atoms with Gasteiger partial charge in [-0.2, -0.15) is 0 Å². The van der Waals surface area contributed by atoms with Gasteiger partial charge in [0, 0.05) is 12.8 Å². The van der Waals surface area contributed by atoms with Crippen molar-refractivity contribution in [2.24, 2.45) is 5.92 Å². The molecular weight excluding hydrogens is 166 g/mol. The van der Waals surface area contributed by atoms with Crippen molar-refractivity contribution >= 4 is 5.91 Å². The van der Waals surface area contributed by atoms with E-state index in [1.807, 2.05) is 19.1 Å². The molecule has 2 unspecified atom stereocenters. The molecule has 1 rings (SSSR count). The Bertz CT molecular complexity index is 258. The fraction of sp³-hybridized carbons (Fsp3) is 0.500. The van der Waals surface area contributed by atoms with Crippen molar-refractivity contribution in [3.8, 4) is 0 Å². The molecule has 0 spiro atoms. The highest BCUT2D eigenvalue weighted by Gasteiger charge is 2.33. The molecule has 1 amide bonds. The second kappa shape index (κ2) is 3.75. The molecule has 1 aliphatic carbocycles. The Balaban J connectivity index is 2.79. The van der Waals surface area contributed by atoms with Crippen LogP contribution < -0.4 is 5.32 Å². The number of rotatable bonds is 2. The van der Waals surface area contributed by atoms with Gasteiger partial charge in [-0.3, -0.25) is 4.79 Å². The summed E-state index contributed by atoms with van der Waals surface area (Å²) in [5, 5.41) is 12.6. The Morgan fingerprint density at radius 2 is 2.31 bits per heavy atom. The number of allylic oxidation sites excluding steroid dienone is 2. The molecular formula is C10H15NO2.